The van der Waals surface area contributed by atoms with Gasteiger partial charge in [0.2, 0.25) is 0 Å². The number of furan rings is 1. The van der Waals surface area contributed by atoms with Crippen LogP contribution in [0.15, 0.2) is 65.1 Å². The van der Waals surface area contributed by atoms with Crippen molar-refractivity contribution in [2.45, 2.75) is 39.7 Å². The smallest absolute Gasteiger partial charge is 0.303 e. The molecule has 1 heterocycles. The molecular formula is C27H25FO4. The predicted molar refractivity (Wildman–Crippen MR) is 122 cm³/mol. The zero-order chi connectivity index (χ0) is 22.7. The lowest BCUT2D eigenvalue weighted by atomic mass is 9.99. The molecule has 164 valence electrons. The lowest BCUT2D eigenvalue weighted by Crippen LogP contribution is -2.03. The molecule has 5 heteroatoms. The van der Waals surface area contributed by atoms with Crippen LogP contribution in [0.25, 0.3) is 11.0 Å². The molecule has 0 aliphatic carbocycles. The van der Waals surface area contributed by atoms with Crippen molar-refractivity contribution >= 4 is 16.9 Å². The van der Waals surface area contributed by atoms with Crippen molar-refractivity contribution in [2.75, 3.05) is 0 Å². The van der Waals surface area contributed by atoms with Crippen LogP contribution in [0.1, 0.15) is 40.0 Å². The Morgan fingerprint density at radius 2 is 1.78 bits per heavy atom. The molecule has 32 heavy (non-hydrogen) atoms. The Labute approximate surface area is 186 Å². The number of aryl methyl sites for hydroxylation is 1. The first-order valence-corrected chi connectivity index (χ1v) is 10.6. The van der Waals surface area contributed by atoms with Gasteiger partial charge < -0.3 is 14.3 Å². The molecule has 1 N–H and O–H groups in total. The average Bonchev–Trinajstić information content (AvgIpc) is 3.16. The SMILES string of the molecule is Cc1c(CCC(=O)O)ccc(OCc2cc(F)cc3cc(Cc4ccccc4)oc23)c1C. The summed E-state index contributed by atoms with van der Waals surface area (Å²) in [6.45, 7) is 4.07. The molecule has 0 spiro atoms. The van der Waals surface area contributed by atoms with E-state index in [9.17, 15) is 9.18 Å². The summed E-state index contributed by atoms with van der Waals surface area (Å²) in [4.78, 5) is 10.9. The maximum absolute atomic E-state index is 14.3. The molecule has 0 amide bonds. The quantitative estimate of drug-likeness (QED) is 0.351. The third-order valence-corrected chi connectivity index (χ3v) is 5.77. The summed E-state index contributed by atoms with van der Waals surface area (Å²) in [5, 5.41) is 9.64. The molecule has 0 bridgehead atoms. The monoisotopic (exact) mass is 432 g/mol. The molecule has 1 aromatic heterocycles. The maximum Gasteiger partial charge on any atom is 0.303 e. The van der Waals surface area contributed by atoms with Crippen LogP contribution in [-0.4, -0.2) is 11.1 Å². The van der Waals surface area contributed by atoms with Gasteiger partial charge in [-0.1, -0.05) is 36.4 Å². The Morgan fingerprint density at radius 1 is 1.00 bits per heavy atom. The first-order valence-electron chi connectivity index (χ1n) is 10.6. The van der Waals surface area contributed by atoms with Crippen molar-refractivity contribution in [3.63, 3.8) is 0 Å². The Balaban J connectivity index is 1.55. The van der Waals surface area contributed by atoms with E-state index in [0.717, 1.165) is 28.0 Å². The van der Waals surface area contributed by atoms with Crippen molar-refractivity contribution in [1.29, 1.82) is 0 Å². The second-order valence-corrected chi connectivity index (χ2v) is 8.01. The first-order chi connectivity index (χ1) is 15.4. The van der Waals surface area contributed by atoms with Crippen molar-refractivity contribution < 1.29 is 23.4 Å². The lowest BCUT2D eigenvalue weighted by Gasteiger charge is -2.14. The fourth-order valence-corrected chi connectivity index (χ4v) is 3.91. The fraction of sp³-hybridized carbons (Fsp3) is 0.222. The van der Waals surface area contributed by atoms with Gasteiger partial charge in [0.25, 0.3) is 0 Å². The van der Waals surface area contributed by atoms with Gasteiger partial charge in [-0.25, -0.2) is 4.39 Å². The molecular weight excluding hydrogens is 407 g/mol. The van der Waals surface area contributed by atoms with Gasteiger partial charge in [-0.2, -0.15) is 0 Å². The number of carboxylic acid groups (broad SMARTS) is 1. The summed E-state index contributed by atoms with van der Waals surface area (Å²) in [6.07, 6.45) is 1.20. The number of aliphatic carboxylic acids is 1. The summed E-state index contributed by atoms with van der Waals surface area (Å²) in [7, 11) is 0. The Hall–Kier alpha value is -3.60. The maximum atomic E-state index is 14.3. The van der Waals surface area contributed by atoms with Crippen LogP contribution in [0.5, 0.6) is 5.75 Å². The van der Waals surface area contributed by atoms with Gasteiger partial charge in [0.15, 0.2) is 0 Å². The van der Waals surface area contributed by atoms with Gasteiger partial charge in [-0.15, -0.1) is 0 Å². The highest BCUT2D eigenvalue weighted by Gasteiger charge is 2.14. The zero-order valence-corrected chi connectivity index (χ0v) is 18.2. The number of ether oxygens (including phenoxy) is 1. The number of hydrogen-bond acceptors (Lipinski definition) is 3. The largest absolute Gasteiger partial charge is 0.488 e. The zero-order valence-electron chi connectivity index (χ0n) is 18.2. The van der Waals surface area contributed by atoms with E-state index in [1.54, 1.807) is 0 Å². The molecule has 0 unspecified atom stereocenters. The first kappa shape index (κ1) is 21.6. The molecule has 0 saturated carbocycles. The van der Waals surface area contributed by atoms with Crippen LogP contribution in [0, 0.1) is 19.7 Å². The van der Waals surface area contributed by atoms with E-state index in [-0.39, 0.29) is 18.8 Å². The van der Waals surface area contributed by atoms with E-state index in [1.807, 2.05) is 62.4 Å². The van der Waals surface area contributed by atoms with Gasteiger partial charge in [-0.05, 0) is 66.8 Å². The van der Waals surface area contributed by atoms with Gasteiger partial charge in [-0.3, -0.25) is 4.79 Å². The highest BCUT2D eigenvalue weighted by molar-refractivity contribution is 5.81. The van der Waals surface area contributed by atoms with E-state index in [0.29, 0.717) is 35.1 Å². The van der Waals surface area contributed by atoms with Crippen molar-refractivity contribution in [2.24, 2.45) is 0 Å². The van der Waals surface area contributed by atoms with Crippen LogP contribution >= 0.6 is 0 Å². The summed E-state index contributed by atoms with van der Waals surface area (Å²) in [5.74, 6) is 0.311. The third-order valence-electron chi connectivity index (χ3n) is 5.77. The topological polar surface area (TPSA) is 59.7 Å². The van der Waals surface area contributed by atoms with E-state index in [1.165, 1.54) is 12.1 Å². The third kappa shape index (κ3) is 4.83. The molecule has 0 fully saturated rings. The fourth-order valence-electron chi connectivity index (χ4n) is 3.91. The second-order valence-electron chi connectivity index (χ2n) is 8.01. The van der Waals surface area contributed by atoms with Crippen LogP contribution < -0.4 is 4.74 Å². The molecule has 4 aromatic rings. The number of halogens is 1. The number of hydrogen-bond donors (Lipinski definition) is 1. The molecule has 0 radical (unpaired) electrons. The molecule has 0 aliphatic rings. The van der Waals surface area contributed by atoms with Crippen LogP contribution in [0.3, 0.4) is 0 Å². The minimum atomic E-state index is -0.817. The minimum absolute atomic E-state index is 0.0889. The van der Waals surface area contributed by atoms with E-state index >= 15 is 0 Å². The van der Waals surface area contributed by atoms with Crippen LogP contribution in [-0.2, 0) is 24.2 Å². The van der Waals surface area contributed by atoms with Gasteiger partial charge in [0.1, 0.15) is 29.5 Å². The van der Waals surface area contributed by atoms with E-state index in [2.05, 4.69) is 0 Å². The summed E-state index contributed by atoms with van der Waals surface area (Å²) < 4.78 is 26.4. The molecule has 4 rings (SSSR count). The summed E-state index contributed by atoms with van der Waals surface area (Å²) >= 11 is 0. The predicted octanol–water partition coefficient (Wildman–Crippen LogP) is 6.38. The Morgan fingerprint density at radius 3 is 2.53 bits per heavy atom. The molecule has 0 saturated heterocycles. The standard InChI is InChI=1S/C27H25FO4/c1-17-18(2)25(10-8-20(17)9-11-26(29)30)31-16-22-14-23(28)13-21-15-24(32-27(21)22)12-19-6-4-3-5-7-19/h3-8,10,13-15H,9,11-12,16H2,1-2H3,(H,29,30). The molecule has 4 nitrogen and oxygen atoms in total. The molecule has 0 aliphatic heterocycles. The Bertz CT molecular complexity index is 1260. The van der Waals surface area contributed by atoms with Crippen molar-refractivity contribution in [3.05, 3.63) is 100 Å². The van der Waals surface area contributed by atoms with Gasteiger partial charge >= 0.3 is 5.97 Å². The minimum Gasteiger partial charge on any atom is -0.488 e. The number of benzene rings is 3. The number of rotatable bonds is 8. The number of carboxylic acids is 1. The average molecular weight is 432 g/mol. The van der Waals surface area contributed by atoms with Crippen LogP contribution in [0.2, 0.25) is 0 Å². The Kier molecular flexibility index (Phi) is 6.26. The summed E-state index contributed by atoms with van der Waals surface area (Å²) in [6, 6.07) is 18.5. The molecule has 0 atom stereocenters. The summed E-state index contributed by atoms with van der Waals surface area (Å²) in [5.41, 5.74) is 5.35. The normalized spacial score (nSPS) is 11.1. The van der Waals surface area contributed by atoms with E-state index < -0.39 is 5.97 Å². The van der Waals surface area contributed by atoms with Crippen LogP contribution in [0.4, 0.5) is 4.39 Å². The van der Waals surface area contributed by atoms with Gasteiger partial charge in [0, 0.05) is 23.8 Å². The number of fused-ring (bicyclic) bond motifs is 1. The molecule has 3 aromatic carbocycles. The van der Waals surface area contributed by atoms with E-state index in [4.69, 9.17) is 14.3 Å². The highest BCUT2D eigenvalue weighted by atomic mass is 19.1. The van der Waals surface area contributed by atoms with Crippen molar-refractivity contribution in [3.8, 4) is 5.75 Å². The highest BCUT2D eigenvalue weighted by Crippen LogP contribution is 2.29. The van der Waals surface area contributed by atoms with Crippen molar-refractivity contribution in [1.82, 2.24) is 0 Å². The number of carbonyl (C=O) groups is 1. The second kappa shape index (κ2) is 9.27. The van der Waals surface area contributed by atoms with Gasteiger partial charge in [0.05, 0.1) is 0 Å². The lowest BCUT2D eigenvalue weighted by molar-refractivity contribution is -0.136.